The first kappa shape index (κ1) is 12.1. The average Bonchev–Trinajstić information content (AvgIpc) is 2.82. The van der Waals surface area contributed by atoms with Crippen molar-refractivity contribution in [1.82, 2.24) is 4.98 Å². The van der Waals surface area contributed by atoms with Gasteiger partial charge in [-0.05, 0) is 30.7 Å². The molecule has 0 radical (unpaired) electrons. The van der Waals surface area contributed by atoms with Crippen molar-refractivity contribution < 1.29 is 4.42 Å². The lowest BCUT2D eigenvalue weighted by molar-refractivity contribution is 0.556. The molecule has 96 valence electrons. The molecule has 0 spiro atoms. The second-order valence-electron chi connectivity index (χ2n) is 4.36. The second-order valence-corrected chi connectivity index (χ2v) is 5.37. The number of nitrogens with zero attached hydrogens (tertiary/aromatic N) is 1. The Morgan fingerprint density at radius 3 is 2.79 bits per heavy atom. The molecule has 0 saturated heterocycles. The standard InChI is InChI=1S/C15H14N2OS/c1-10-5-2-3-8-13(10)19-9-14-17-15-11(16)6-4-7-12(15)18-14/h2-8H,9,16H2,1H3. The van der Waals surface area contributed by atoms with Gasteiger partial charge >= 0.3 is 0 Å². The molecule has 2 N–H and O–H groups in total. The fraction of sp³-hybridized carbons (Fsp3) is 0.133. The summed E-state index contributed by atoms with van der Waals surface area (Å²) < 4.78 is 5.70. The summed E-state index contributed by atoms with van der Waals surface area (Å²) in [6, 6.07) is 13.9. The number of hydrogen-bond donors (Lipinski definition) is 1. The Labute approximate surface area is 115 Å². The molecule has 0 fully saturated rings. The van der Waals surface area contributed by atoms with Crippen LogP contribution in [0.25, 0.3) is 11.1 Å². The van der Waals surface area contributed by atoms with Crippen LogP contribution in [0.4, 0.5) is 5.69 Å². The molecule has 1 heterocycles. The number of thioether (sulfide) groups is 1. The molecule has 3 aromatic rings. The molecule has 0 bridgehead atoms. The number of aryl methyl sites for hydroxylation is 1. The van der Waals surface area contributed by atoms with Gasteiger partial charge in [0.1, 0.15) is 5.52 Å². The highest BCUT2D eigenvalue weighted by atomic mass is 32.2. The van der Waals surface area contributed by atoms with Crippen LogP contribution in [0.3, 0.4) is 0 Å². The maximum absolute atomic E-state index is 5.87. The highest BCUT2D eigenvalue weighted by Crippen LogP contribution is 2.28. The van der Waals surface area contributed by atoms with Gasteiger partial charge in [0.15, 0.2) is 5.58 Å². The van der Waals surface area contributed by atoms with E-state index in [-0.39, 0.29) is 0 Å². The third-order valence-electron chi connectivity index (χ3n) is 2.94. The van der Waals surface area contributed by atoms with Gasteiger partial charge in [-0.2, -0.15) is 0 Å². The maximum atomic E-state index is 5.87. The minimum absolute atomic E-state index is 0.661. The van der Waals surface area contributed by atoms with E-state index in [0.29, 0.717) is 17.3 Å². The summed E-state index contributed by atoms with van der Waals surface area (Å²) in [7, 11) is 0. The molecule has 0 aliphatic heterocycles. The molecule has 0 aliphatic rings. The van der Waals surface area contributed by atoms with Crippen LogP contribution in [0, 0.1) is 6.92 Å². The molecule has 0 amide bonds. The van der Waals surface area contributed by atoms with E-state index in [1.807, 2.05) is 30.3 Å². The zero-order chi connectivity index (χ0) is 13.2. The third-order valence-corrected chi connectivity index (χ3v) is 4.10. The molecule has 2 aromatic carbocycles. The fourth-order valence-corrected chi connectivity index (χ4v) is 2.81. The quantitative estimate of drug-likeness (QED) is 0.577. The van der Waals surface area contributed by atoms with Crippen molar-refractivity contribution in [2.24, 2.45) is 0 Å². The molecule has 0 aliphatic carbocycles. The van der Waals surface area contributed by atoms with Crippen LogP contribution in [-0.2, 0) is 5.75 Å². The second kappa shape index (κ2) is 4.97. The van der Waals surface area contributed by atoms with E-state index in [9.17, 15) is 0 Å². The molecule has 19 heavy (non-hydrogen) atoms. The first-order chi connectivity index (χ1) is 9.24. The van der Waals surface area contributed by atoms with Gasteiger partial charge in [0.05, 0.1) is 11.4 Å². The van der Waals surface area contributed by atoms with E-state index >= 15 is 0 Å². The Morgan fingerprint density at radius 1 is 1.16 bits per heavy atom. The van der Waals surface area contributed by atoms with Crippen molar-refractivity contribution in [3.63, 3.8) is 0 Å². The van der Waals surface area contributed by atoms with E-state index in [4.69, 9.17) is 10.2 Å². The van der Waals surface area contributed by atoms with Gasteiger partial charge in [0.25, 0.3) is 0 Å². The predicted molar refractivity (Wildman–Crippen MR) is 79.2 cm³/mol. The number of oxazole rings is 1. The number of benzene rings is 2. The number of nitrogens with two attached hydrogens (primary N) is 1. The van der Waals surface area contributed by atoms with Gasteiger partial charge < -0.3 is 10.2 Å². The predicted octanol–water partition coefficient (Wildman–Crippen LogP) is 4.01. The smallest absolute Gasteiger partial charge is 0.205 e. The normalized spacial score (nSPS) is 11.0. The number of fused-ring (bicyclic) bond motifs is 1. The van der Waals surface area contributed by atoms with Crippen LogP contribution < -0.4 is 5.73 Å². The number of anilines is 1. The molecule has 3 nitrogen and oxygen atoms in total. The van der Waals surface area contributed by atoms with Gasteiger partial charge in [0, 0.05) is 4.90 Å². The van der Waals surface area contributed by atoms with Gasteiger partial charge in [-0.25, -0.2) is 4.98 Å². The Bertz CT molecular complexity index is 721. The maximum Gasteiger partial charge on any atom is 0.205 e. The molecule has 1 aromatic heterocycles. The largest absolute Gasteiger partial charge is 0.440 e. The van der Waals surface area contributed by atoms with E-state index in [1.165, 1.54) is 10.5 Å². The summed E-state index contributed by atoms with van der Waals surface area (Å²) in [5, 5.41) is 0. The Kier molecular flexibility index (Phi) is 3.17. The summed E-state index contributed by atoms with van der Waals surface area (Å²) in [4.78, 5) is 5.69. The fourth-order valence-electron chi connectivity index (χ4n) is 1.94. The first-order valence-electron chi connectivity index (χ1n) is 6.06. The van der Waals surface area contributed by atoms with Crippen LogP contribution in [-0.4, -0.2) is 4.98 Å². The molecule has 0 unspecified atom stereocenters. The highest BCUT2D eigenvalue weighted by molar-refractivity contribution is 7.98. The summed E-state index contributed by atoms with van der Waals surface area (Å²) in [5.41, 5.74) is 9.30. The first-order valence-corrected chi connectivity index (χ1v) is 7.05. The lowest BCUT2D eigenvalue weighted by Gasteiger charge is -2.02. The van der Waals surface area contributed by atoms with Crippen molar-refractivity contribution in [2.45, 2.75) is 17.6 Å². The zero-order valence-corrected chi connectivity index (χ0v) is 11.4. The molecular formula is C15H14N2OS. The molecule has 3 rings (SSSR count). The Morgan fingerprint density at radius 2 is 2.00 bits per heavy atom. The number of para-hydroxylation sites is 1. The topological polar surface area (TPSA) is 52.0 Å². The number of hydrogen-bond acceptors (Lipinski definition) is 4. The van der Waals surface area contributed by atoms with Gasteiger partial charge in [-0.3, -0.25) is 0 Å². The van der Waals surface area contributed by atoms with E-state index in [1.54, 1.807) is 11.8 Å². The minimum Gasteiger partial charge on any atom is -0.440 e. The zero-order valence-electron chi connectivity index (χ0n) is 10.6. The van der Waals surface area contributed by atoms with Crippen LogP contribution in [0.2, 0.25) is 0 Å². The lowest BCUT2D eigenvalue weighted by atomic mass is 10.2. The van der Waals surface area contributed by atoms with Crippen molar-refractivity contribution >= 4 is 28.5 Å². The molecule has 0 saturated carbocycles. The highest BCUT2D eigenvalue weighted by Gasteiger charge is 2.08. The van der Waals surface area contributed by atoms with E-state index < -0.39 is 0 Å². The molecule has 4 heteroatoms. The van der Waals surface area contributed by atoms with Gasteiger partial charge in [-0.1, -0.05) is 24.3 Å². The van der Waals surface area contributed by atoms with Crippen molar-refractivity contribution in [2.75, 3.05) is 5.73 Å². The minimum atomic E-state index is 0.661. The molecule has 0 atom stereocenters. The van der Waals surface area contributed by atoms with Gasteiger partial charge in [-0.15, -0.1) is 11.8 Å². The van der Waals surface area contributed by atoms with Gasteiger partial charge in [0.2, 0.25) is 5.89 Å². The summed E-state index contributed by atoms with van der Waals surface area (Å²) in [6.45, 7) is 2.10. The third kappa shape index (κ3) is 2.44. The monoisotopic (exact) mass is 270 g/mol. The van der Waals surface area contributed by atoms with Crippen LogP contribution >= 0.6 is 11.8 Å². The van der Waals surface area contributed by atoms with E-state index in [2.05, 4.69) is 24.0 Å². The van der Waals surface area contributed by atoms with Crippen molar-refractivity contribution in [3.8, 4) is 0 Å². The number of rotatable bonds is 3. The molecular weight excluding hydrogens is 256 g/mol. The summed E-state index contributed by atoms with van der Waals surface area (Å²) in [6.07, 6.45) is 0. The van der Waals surface area contributed by atoms with Crippen molar-refractivity contribution in [3.05, 3.63) is 53.9 Å². The Hall–Kier alpha value is -1.94. The summed E-state index contributed by atoms with van der Waals surface area (Å²) in [5.74, 6) is 1.42. The van der Waals surface area contributed by atoms with Crippen LogP contribution in [0.5, 0.6) is 0 Å². The Balaban J connectivity index is 1.83. The van der Waals surface area contributed by atoms with Crippen molar-refractivity contribution in [1.29, 1.82) is 0 Å². The van der Waals surface area contributed by atoms with Crippen LogP contribution in [0.1, 0.15) is 11.5 Å². The lowest BCUT2D eigenvalue weighted by Crippen LogP contribution is -1.86. The SMILES string of the molecule is Cc1ccccc1SCc1nc2c(N)cccc2o1. The number of aromatic nitrogens is 1. The summed E-state index contributed by atoms with van der Waals surface area (Å²) >= 11 is 1.72. The van der Waals surface area contributed by atoms with E-state index in [0.717, 1.165) is 11.1 Å². The van der Waals surface area contributed by atoms with Crippen LogP contribution in [0.15, 0.2) is 51.8 Å². The average molecular weight is 270 g/mol. The number of nitrogen functional groups attached to an aromatic ring is 1.